The quantitative estimate of drug-likeness (QED) is 0.895. The molecule has 0 saturated heterocycles. The van der Waals surface area contributed by atoms with Gasteiger partial charge >= 0.3 is 0 Å². The van der Waals surface area contributed by atoms with Crippen LogP contribution in [0.5, 0.6) is 0 Å². The van der Waals surface area contributed by atoms with Gasteiger partial charge in [0.2, 0.25) is 0 Å². The van der Waals surface area contributed by atoms with Gasteiger partial charge in [-0.3, -0.25) is 0 Å². The summed E-state index contributed by atoms with van der Waals surface area (Å²) in [4.78, 5) is 0.781. The Morgan fingerprint density at radius 1 is 1.12 bits per heavy atom. The summed E-state index contributed by atoms with van der Waals surface area (Å²) in [7, 11) is -1.15. The zero-order valence-corrected chi connectivity index (χ0v) is 10.7. The second kappa shape index (κ2) is 5.61. The van der Waals surface area contributed by atoms with Crippen molar-refractivity contribution in [3.63, 3.8) is 0 Å². The maximum absolute atomic E-state index is 11.9. The fourth-order valence-electron chi connectivity index (χ4n) is 2.15. The van der Waals surface area contributed by atoms with Crippen molar-refractivity contribution >= 4 is 10.8 Å². The highest BCUT2D eigenvalue weighted by molar-refractivity contribution is 7.88. The average Bonchev–Trinajstić information content (AvgIpc) is 2.38. The summed E-state index contributed by atoms with van der Waals surface area (Å²) < 4.78 is 11.9. The molecule has 0 aromatic heterocycles. The minimum absolute atomic E-state index is 0.733. The molecule has 0 spiro atoms. The fourth-order valence-corrected chi connectivity index (χ4v) is 3.11. The van der Waals surface area contributed by atoms with Crippen molar-refractivity contribution in [2.45, 2.75) is 42.6 Å². The first kappa shape index (κ1) is 12.5. The van der Waals surface area contributed by atoms with Crippen LogP contribution >= 0.6 is 0 Å². The van der Waals surface area contributed by atoms with Gasteiger partial charge < -0.3 is 5.11 Å². The largest absolute Gasteiger partial charge is 0.386 e. The van der Waals surface area contributed by atoms with E-state index in [0.717, 1.165) is 30.6 Å². The van der Waals surface area contributed by atoms with E-state index in [1.807, 2.05) is 30.3 Å². The van der Waals surface area contributed by atoms with Crippen molar-refractivity contribution in [1.82, 2.24) is 0 Å². The highest BCUT2D eigenvalue weighted by Crippen LogP contribution is 2.29. The molecule has 92 valence electrons. The molecule has 1 aliphatic rings. The molecule has 1 aliphatic carbocycles. The van der Waals surface area contributed by atoms with Crippen molar-refractivity contribution in [3.05, 3.63) is 41.8 Å². The summed E-state index contributed by atoms with van der Waals surface area (Å²) in [5.41, 5.74) is -0.733. The molecule has 3 heteroatoms. The second-order valence-electron chi connectivity index (χ2n) is 4.58. The first-order valence-corrected chi connectivity index (χ1v) is 7.28. The topological polar surface area (TPSA) is 37.3 Å². The average molecular weight is 250 g/mol. The molecule has 1 atom stereocenters. The van der Waals surface area contributed by atoms with Crippen molar-refractivity contribution < 1.29 is 9.32 Å². The Morgan fingerprint density at radius 3 is 2.41 bits per heavy atom. The maximum Gasteiger partial charge on any atom is 0.0836 e. The zero-order valence-electron chi connectivity index (χ0n) is 9.84. The lowest BCUT2D eigenvalue weighted by Crippen LogP contribution is -2.28. The Morgan fingerprint density at radius 2 is 1.76 bits per heavy atom. The van der Waals surface area contributed by atoms with Gasteiger partial charge in [-0.05, 0) is 31.1 Å². The van der Waals surface area contributed by atoms with Gasteiger partial charge in [0, 0.05) is 10.3 Å². The molecule has 2 rings (SSSR count). The number of hydrogen-bond acceptors (Lipinski definition) is 2. The Hall–Kier alpha value is -0.930. The predicted molar refractivity (Wildman–Crippen MR) is 70.0 cm³/mol. The van der Waals surface area contributed by atoms with Crippen LogP contribution in [0.3, 0.4) is 0 Å². The van der Waals surface area contributed by atoms with Crippen LogP contribution in [-0.2, 0) is 10.8 Å². The Labute approximate surface area is 105 Å². The minimum atomic E-state index is -1.15. The molecule has 0 radical (unpaired) electrons. The fraction of sp³-hybridized carbons (Fsp3) is 0.429. The predicted octanol–water partition coefficient (Wildman–Crippen LogP) is 3.00. The van der Waals surface area contributed by atoms with E-state index < -0.39 is 16.4 Å². The number of rotatable bonds is 3. The second-order valence-corrected chi connectivity index (χ2v) is 5.92. The van der Waals surface area contributed by atoms with Gasteiger partial charge in [0.1, 0.15) is 0 Å². The van der Waals surface area contributed by atoms with Crippen LogP contribution in [0.4, 0.5) is 0 Å². The molecular weight excluding hydrogens is 232 g/mol. The minimum Gasteiger partial charge on any atom is -0.386 e. The van der Waals surface area contributed by atoms with Gasteiger partial charge in [0.05, 0.1) is 16.4 Å². The molecule has 1 aromatic rings. The van der Waals surface area contributed by atoms with Crippen molar-refractivity contribution in [2.75, 3.05) is 0 Å². The molecule has 0 bridgehead atoms. The highest BCUT2D eigenvalue weighted by atomic mass is 32.2. The molecule has 1 unspecified atom stereocenters. The van der Waals surface area contributed by atoms with Gasteiger partial charge in [-0.15, -0.1) is 0 Å². The summed E-state index contributed by atoms with van der Waals surface area (Å²) in [5.74, 6) is 0. The van der Waals surface area contributed by atoms with E-state index >= 15 is 0 Å². The van der Waals surface area contributed by atoms with Crippen molar-refractivity contribution in [1.29, 1.82) is 0 Å². The Balaban J connectivity index is 2.03. The smallest absolute Gasteiger partial charge is 0.0836 e. The molecule has 1 aromatic carbocycles. The first-order valence-electron chi connectivity index (χ1n) is 6.07. The molecule has 0 heterocycles. The van der Waals surface area contributed by atoms with Crippen LogP contribution in [0, 0.1) is 0 Å². The lowest BCUT2D eigenvalue weighted by Gasteiger charge is -2.28. The van der Waals surface area contributed by atoms with Gasteiger partial charge in [-0.2, -0.15) is 0 Å². The molecule has 2 nitrogen and oxygen atoms in total. The molecule has 0 amide bonds. The molecule has 1 fully saturated rings. The molecular formula is C14H18O2S. The number of aliphatic hydroxyl groups is 1. The van der Waals surface area contributed by atoms with Gasteiger partial charge in [-0.1, -0.05) is 37.5 Å². The summed E-state index contributed by atoms with van der Waals surface area (Å²) in [6.45, 7) is 0. The number of benzene rings is 1. The highest BCUT2D eigenvalue weighted by Gasteiger charge is 2.26. The summed E-state index contributed by atoms with van der Waals surface area (Å²) in [5, 5.41) is 11.9. The van der Waals surface area contributed by atoms with Crippen LogP contribution < -0.4 is 0 Å². The van der Waals surface area contributed by atoms with Crippen molar-refractivity contribution in [2.24, 2.45) is 0 Å². The molecule has 1 N–H and O–H groups in total. The van der Waals surface area contributed by atoms with Gasteiger partial charge in [0.15, 0.2) is 0 Å². The van der Waals surface area contributed by atoms with Crippen LogP contribution in [0.1, 0.15) is 32.1 Å². The molecule has 17 heavy (non-hydrogen) atoms. The van der Waals surface area contributed by atoms with Crippen LogP contribution in [0.2, 0.25) is 0 Å². The van der Waals surface area contributed by atoms with E-state index in [4.69, 9.17) is 0 Å². The lowest BCUT2D eigenvalue weighted by atomic mass is 9.85. The Kier molecular flexibility index (Phi) is 4.13. The monoisotopic (exact) mass is 250 g/mol. The standard InChI is InChI=1S/C14H18O2S/c15-14(9-5-2-6-10-14)11-12-17(16)13-7-3-1-4-8-13/h1,3-4,7-8,11-12,15H,2,5-6,9-10H2/b12-11+. The summed E-state index contributed by atoms with van der Waals surface area (Å²) in [6.07, 6.45) is 6.61. The third-order valence-electron chi connectivity index (χ3n) is 3.20. The van der Waals surface area contributed by atoms with Crippen molar-refractivity contribution in [3.8, 4) is 0 Å². The van der Waals surface area contributed by atoms with Gasteiger partial charge in [-0.25, -0.2) is 4.21 Å². The van der Waals surface area contributed by atoms with E-state index in [1.165, 1.54) is 6.42 Å². The van der Waals surface area contributed by atoms with Crippen LogP contribution in [0.15, 0.2) is 46.7 Å². The van der Waals surface area contributed by atoms with E-state index in [2.05, 4.69) is 0 Å². The van der Waals surface area contributed by atoms with E-state index in [1.54, 1.807) is 11.5 Å². The maximum atomic E-state index is 11.9. The molecule has 1 saturated carbocycles. The lowest BCUT2D eigenvalue weighted by molar-refractivity contribution is 0.0515. The van der Waals surface area contributed by atoms with Gasteiger partial charge in [0.25, 0.3) is 0 Å². The third-order valence-corrected chi connectivity index (χ3v) is 4.32. The van der Waals surface area contributed by atoms with E-state index in [9.17, 15) is 9.32 Å². The zero-order chi connectivity index (χ0) is 12.1. The Bertz CT molecular complexity index is 405. The third kappa shape index (κ3) is 3.51. The molecule has 0 aliphatic heterocycles. The normalized spacial score (nSPS) is 21.5. The SMILES string of the molecule is O=S(/C=C/C1(O)CCCCC1)c1ccccc1. The van der Waals surface area contributed by atoms with E-state index in [-0.39, 0.29) is 0 Å². The van der Waals surface area contributed by atoms with E-state index in [0.29, 0.717) is 0 Å². The first-order chi connectivity index (χ1) is 8.20. The van der Waals surface area contributed by atoms with Crippen LogP contribution in [-0.4, -0.2) is 14.9 Å². The van der Waals surface area contributed by atoms with Crippen LogP contribution in [0.25, 0.3) is 0 Å². The summed E-state index contributed by atoms with van der Waals surface area (Å²) >= 11 is 0. The number of hydrogen-bond donors (Lipinski definition) is 1. The summed E-state index contributed by atoms with van der Waals surface area (Å²) in [6, 6.07) is 9.32.